The molecule has 0 aliphatic carbocycles. The van der Waals surface area contributed by atoms with Gasteiger partial charge in [0.25, 0.3) is 0 Å². The molecule has 2 N–H and O–H groups in total. The van der Waals surface area contributed by atoms with Gasteiger partial charge in [-0.3, -0.25) is 0 Å². The summed E-state index contributed by atoms with van der Waals surface area (Å²) in [4.78, 5) is 0. The molecule has 0 aliphatic heterocycles. The maximum atomic E-state index is 12.7. The van der Waals surface area contributed by atoms with Crippen molar-refractivity contribution in [1.82, 2.24) is 0 Å². The number of rotatable bonds is 3. The molecule has 0 radical (unpaired) electrons. The molecule has 0 aliphatic rings. The smallest absolute Gasteiger partial charge is 0.416 e. The molecule has 0 saturated carbocycles. The number of hydrogen-bond acceptors (Lipinski definition) is 2. The Morgan fingerprint density at radius 1 is 1.14 bits per heavy atom. The number of alkyl halides is 3. The summed E-state index contributed by atoms with van der Waals surface area (Å²) in [6.45, 7) is 2.12. The van der Waals surface area contributed by atoms with Gasteiger partial charge >= 0.3 is 6.18 Å². The number of anilines is 1. The van der Waals surface area contributed by atoms with Crippen LogP contribution < -0.4 is 5.32 Å². The molecule has 112 valence electrons. The molecule has 0 saturated heterocycles. The third-order valence-corrected chi connectivity index (χ3v) is 3.40. The van der Waals surface area contributed by atoms with Crippen LogP contribution in [0.25, 0.3) is 0 Å². The third-order valence-electron chi connectivity index (χ3n) is 2.94. The Labute approximate surface area is 128 Å². The summed E-state index contributed by atoms with van der Waals surface area (Å²) in [5.41, 5.74) is 1.20. The molecule has 0 atom stereocenters. The molecule has 2 aromatic rings. The van der Waals surface area contributed by atoms with Crippen molar-refractivity contribution in [2.24, 2.45) is 0 Å². The molecule has 6 heteroatoms. The van der Waals surface area contributed by atoms with Crippen molar-refractivity contribution in [2.75, 3.05) is 5.32 Å². The molecule has 0 spiro atoms. The van der Waals surface area contributed by atoms with Gasteiger partial charge in [-0.2, -0.15) is 13.2 Å². The van der Waals surface area contributed by atoms with Gasteiger partial charge in [-0.25, -0.2) is 0 Å². The Hall–Kier alpha value is -1.69. The second-order valence-corrected chi connectivity index (χ2v) is 5.63. The summed E-state index contributed by atoms with van der Waals surface area (Å²) < 4.78 is 38.6. The number of hydrogen-bond donors (Lipinski definition) is 2. The van der Waals surface area contributed by atoms with Crippen LogP contribution in [0.15, 0.2) is 40.9 Å². The minimum atomic E-state index is -4.40. The molecule has 0 bridgehead atoms. The number of halogens is 4. The van der Waals surface area contributed by atoms with Gasteiger partial charge in [-0.15, -0.1) is 0 Å². The molecule has 0 heterocycles. The topological polar surface area (TPSA) is 32.3 Å². The molecular formula is C15H13BrF3NO. The highest BCUT2D eigenvalue weighted by molar-refractivity contribution is 9.10. The zero-order valence-corrected chi connectivity index (χ0v) is 12.7. The van der Waals surface area contributed by atoms with Crippen LogP contribution in [0, 0.1) is 6.92 Å². The van der Waals surface area contributed by atoms with Crippen LogP contribution in [0.2, 0.25) is 0 Å². The predicted octanol–water partition coefficient (Wildman–Crippen LogP) is 5.09. The van der Waals surface area contributed by atoms with Gasteiger partial charge in [0.15, 0.2) is 0 Å². The second-order valence-electron chi connectivity index (χ2n) is 4.71. The summed E-state index contributed by atoms with van der Waals surface area (Å²) in [5, 5.41) is 12.6. The zero-order valence-electron chi connectivity index (χ0n) is 11.1. The molecule has 2 nitrogen and oxygen atoms in total. The highest BCUT2D eigenvalue weighted by Crippen LogP contribution is 2.33. The van der Waals surface area contributed by atoms with E-state index in [-0.39, 0.29) is 12.3 Å². The van der Waals surface area contributed by atoms with Gasteiger partial charge < -0.3 is 10.4 Å². The van der Waals surface area contributed by atoms with E-state index in [4.69, 9.17) is 0 Å². The number of aryl methyl sites for hydroxylation is 1. The van der Waals surface area contributed by atoms with E-state index in [1.807, 2.05) is 6.92 Å². The lowest BCUT2D eigenvalue weighted by molar-refractivity contribution is -0.137. The van der Waals surface area contributed by atoms with Crippen molar-refractivity contribution >= 4 is 21.6 Å². The Balaban J connectivity index is 2.20. The fourth-order valence-corrected chi connectivity index (χ4v) is 2.40. The average Bonchev–Trinajstić information content (AvgIpc) is 2.38. The molecule has 2 aromatic carbocycles. The first-order valence-electron chi connectivity index (χ1n) is 6.16. The highest BCUT2D eigenvalue weighted by Gasteiger charge is 2.31. The Bertz CT molecular complexity index is 656. The van der Waals surface area contributed by atoms with E-state index in [0.29, 0.717) is 15.7 Å². The first kappa shape index (κ1) is 15.7. The van der Waals surface area contributed by atoms with Crippen LogP contribution >= 0.6 is 15.9 Å². The molecule has 2 rings (SSSR count). The number of phenolic OH excluding ortho intramolecular Hbond substituents is 1. The Kier molecular flexibility index (Phi) is 4.46. The molecule has 0 fully saturated rings. The van der Waals surface area contributed by atoms with Crippen LogP contribution in [-0.4, -0.2) is 5.11 Å². The lowest BCUT2D eigenvalue weighted by atomic mass is 10.1. The van der Waals surface area contributed by atoms with Crippen molar-refractivity contribution in [3.63, 3.8) is 0 Å². The maximum absolute atomic E-state index is 12.7. The van der Waals surface area contributed by atoms with Crippen LogP contribution in [-0.2, 0) is 12.7 Å². The van der Waals surface area contributed by atoms with Crippen LogP contribution in [0.4, 0.5) is 18.9 Å². The first-order chi connectivity index (χ1) is 9.75. The maximum Gasteiger partial charge on any atom is 0.416 e. The van der Waals surface area contributed by atoms with E-state index >= 15 is 0 Å². The highest BCUT2D eigenvalue weighted by atomic mass is 79.9. The number of phenols is 1. The van der Waals surface area contributed by atoms with Gasteiger partial charge in [-0.1, -0.05) is 33.6 Å². The van der Waals surface area contributed by atoms with Crippen molar-refractivity contribution < 1.29 is 18.3 Å². The predicted molar refractivity (Wildman–Crippen MR) is 79.3 cm³/mol. The van der Waals surface area contributed by atoms with Crippen LogP contribution in [0.1, 0.15) is 16.7 Å². The minimum absolute atomic E-state index is 0.110. The van der Waals surface area contributed by atoms with E-state index in [2.05, 4.69) is 21.2 Å². The normalized spacial score (nSPS) is 11.5. The van der Waals surface area contributed by atoms with E-state index < -0.39 is 11.7 Å². The first-order valence-corrected chi connectivity index (χ1v) is 6.95. The zero-order chi connectivity index (χ0) is 15.6. The number of aromatic hydroxyl groups is 1. The lowest BCUT2D eigenvalue weighted by Gasteiger charge is -2.13. The van der Waals surface area contributed by atoms with Crippen LogP contribution in [0.3, 0.4) is 0 Å². The quantitative estimate of drug-likeness (QED) is 0.799. The fraction of sp³-hybridized carbons (Fsp3) is 0.200. The number of nitrogens with one attached hydrogen (secondary N) is 1. The van der Waals surface area contributed by atoms with Crippen molar-refractivity contribution in [1.29, 1.82) is 0 Å². The molecule has 0 aromatic heterocycles. The minimum Gasteiger partial charge on any atom is -0.508 e. The summed E-state index contributed by atoms with van der Waals surface area (Å²) in [6, 6.07) is 8.73. The SMILES string of the molecule is Cc1ccc(O)c(CNc2cc(Br)cc(C(F)(F)F)c2)c1. The van der Waals surface area contributed by atoms with E-state index in [1.165, 1.54) is 0 Å². The van der Waals surface area contributed by atoms with Gasteiger partial charge in [0, 0.05) is 22.3 Å². The molecule has 21 heavy (non-hydrogen) atoms. The monoisotopic (exact) mass is 359 g/mol. The van der Waals surface area contributed by atoms with Crippen LogP contribution in [0.5, 0.6) is 5.75 Å². The summed E-state index contributed by atoms with van der Waals surface area (Å²) >= 11 is 3.07. The Morgan fingerprint density at radius 3 is 2.52 bits per heavy atom. The molecule has 0 unspecified atom stereocenters. The third kappa shape index (κ3) is 4.14. The van der Waals surface area contributed by atoms with E-state index in [0.717, 1.165) is 17.7 Å². The summed E-state index contributed by atoms with van der Waals surface area (Å²) in [6.07, 6.45) is -4.40. The van der Waals surface area contributed by atoms with Crippen molar-refractivity contribution in [3.8, 4) is 5.75 Å². The standard InChI is InChI=1S/C15H13BrF3NO/c1-9-2-3-14(21)10(4-9)8-20-13-6-11(15(17,18)19)5-12(16)7-13/h2-7,20-21H,8H2,1H3. The largest absolute Gasteiger partial charge is 0.508 e. The Morgan fingerprint density at radius 2 is 1.86 bits per heavy atom. The molecule has 0 amide bonds. The van der Waals surface area contributed by atoms with Gasteiger partial charge in [-0.05, 0) is 31.2 Å². The lowest BCUT2D eigenvalue weighted by Crippen LogP contribution is -2.07. The van der Waals surface area contributed by atoms with Crippen molar-refractivity contribution in [2.45, 2.75) is 19.6 Å². The van der Waals surface area contributed by atoms with E-state index in [1.54, 1.807) is 24.3 Å². The summed E-state index contributed by atoms with van der Waals surface area (Å²) in [5.74, 6) is 0.110. The average molecular weight is 360 g/mol. The van der Waals surface area contributed by atoms with Crippen molar-refractivity contribution in [3.05, 3.63) is 57.6 Å². The summed E-state index contributed by atoms with van der Waals surface area (Å²) in [7, 11) is 0. The number of benzene rings is 2. The van der Waals surface area contributed by atoms with E-state index in [9.17, 15) is 18.3 Å². The second kappa shape index (κ2) is 5.97. The van der Waals surface area contributed by atoms with Gasteiger partial charge in [0.05, 0.1) is 5.56 Å². The fourth-order valence-electron chi connectivity index (χ4n) is 1.91. The molecular weight excluding hydrogens is 347 g/mol. The van der Waals surface area contributed by atoms with Gasteiger partial charge in [0.2, 0.25) is 0 Å². The van der Waals surface area contributed by atoms with Gasteiger partial charge in [0.1, 0.15) is 5.75 Å².